The lowest BCUT2D eigenvalue weighted by Gasteiger charge is -2.32. The van der Waals surface area contributed by atoms with Crippen LogP contribution >= 0.6 is 0 Å². The van der Waals surface area contributed by atoms with Crippen molar-refractivity contribution in [1.82, 2.24) is 0 Å². The Hall–Kier alpha value is -0.0800. The fourth-order valence-electron chi connectivity index (χ4n) is 0.953. The largest absolute Gasteiger partial charge is 0.390 e. The van der Waals surface area contributed by atoms with E-state index in [1.807, 2.05) is 13.8 Å². The first-order valence-corrected chi connectivity index (χ1v) is 3.51. The van der Waals surface area contributed by atoms with E-state index in [1.165, 1.54) is 0 Å². The van der Waals surface area contributed by atoms with Gasteiger partial charge >= 0.3 is 0 Å². The highest BCUT2D eigenvalue weighted by Gasteiger charge is 2.28. The van der Waals surface area contributed by atoms with Crippen molar-refractivity contribution in [2.24, 2.45) is 5.92 Å². The lowest BCUT2D eigenvalue weighted by molar-refractivity contribution is -0.129. The molecule has 0 aromatic carbocycles. The maximum Gasteiger partial charge on any atom is 0.0858 e. The van der Waals surface area contributed by atoms with Gasteiger partial charge in [0.1, 0.15) is 0 Å². The molecular formula is C7H14O2. The van der Waals surface area contributed by atoms with Crippen LogP contribution in [0.3, 0.4) is 0 Å². The van der Waals surface area contributed by atoms with Crippen molar-refractivity contribution in [3.8, 4) is 0 Å². The summed E-state index contributed by atoms with van der Waals surface area (Å²) in [4.78, 5) is 0. The molecular weight excluding hydrogens is 116 g/mol. The second kappa shape index (κ2) is 2.67. The van der Waals surface area contributed by atoms with Gasteiger partial charge in [-0.1, -0.05) is 13.8 Å². The van der Waals surface area contributed by atoms with Gasteiger partial charge in [0, 0.05) is 6.61 Å². The van der Waals surface area contributed by atoms with E-state index >= 15 is 0 Å². The first kappa shape index (κ1) is 7.03. The van der Waals surface area contributed by atoms with Gasteiger partial charge < -0.3 is 9.84 Å². The van der Waals surface area contributed by atoms with Crippen LogP contribution in [0.2, 0.25) is 0 Å². The summed E-state index contributed by atoms with van der Waals surface area (Å²) in [6.07, 6.45) is 0.906. The molecule has 0 spiro atoms. The average Bonchev–Trinajstić information content (AvgIpc) is 1.60. The van der Waals surface area contributed by atoms with Gasteiger partial charge in [0.2, 0.25) is 0 Å². The van der Waals surface area contributed by atoms with E-state index in [2.05, 4.69) is 0 Å². The monoisotopic (exact) mass is 130 g/mol. The summed E-state index contributed by atoms with van der Waals surface area (Å²) in [6.45, 7) is 4.84. The molecule has 1 heterocycles. The lowest BCUT2D eigenvalue weighted by Crippen LogP contribution is -2.41. The molecule has 0 aromatic rings. The number of aliphatic hydroxyl groups is 1. The molecule has 54 valence electrons. The Bertz CT molecular complexity index is 86.9. The van der Waals surface area contributed by atoms with Crippen LogP contribution in [-0.4, -0.2) is 23.9 Å². The van der Waals surface area contributed by atoms with Crippen LogP contribution in [0, 0.1) is 5.92 Å². The highest BCUT2D eigenvalue weighted by molar-refractivity contribution is 4.77. The fraction of sp³-hybridized carbons (Fsp3) is 1.00. The van der Waals surface area contributed by atoms with Crippen molar-refractivity contribution in [3.05, 3.63) is 0 Å². The summed E-state index contributed by atoms with van der Waals surface area (Å²) in [6, 6.07) is 0. The Morgan fingerprint density at radius 2 is 2.11 bits per heavy atom. The Labute approximate surface area is 55.8 Å². The van der Waals surface area contributed by atoms with E-state index in [9.17, 15) is 5.11 Å². The standard InChI is InChI=1S/C7H14O2/c1-5(2)7(8)6-3-4-9-6/h5-8H,3-4H2,1-2H3. The molecule has 2 unspecified atom stereocenters. The molecule has 1 rings (SSSR count). The zero-order valence-corrected chi connectivity index (χ0v) is 6.00. The number of ether oxygens (including phenoxy) is 1. The molecule has 1 saturated heterocycles. The van der Waals surface area contributed by atoms with Crippen molar-refractivity contribution in [2.45, 2.75) is 32.5 Å². The third-order valence-electron chi connectivity index (χ3n) is 1.80. The second-order valence-electron chi connectivity index (χ2n) is 2.93. The Kier molecular flexibility index (Phi) is 2.09. The maximum atomic E-state index is 9.32. The second-order valence-corrected chi connectivity index (χ2v) is 2.93. The average molecular weight is 130 g/mol. The molecule has 1 N–H and O–H groups in total. The smallest absolute Gasteiger partial charge is 0.0858 e. The molecule has 2 heteroatoms. The quantitative estimate of drug-likeness (QED) is 0.599. The summed E-state index contributed by atoms with van der Waals surface area (Å²) >= 11 is 0. The van der Waals surface area contributed by atoms with Crippen LogP contribution in [0.1, 0.15) is 20.3 Å². The van der Waals surface area contributed by atoms with Crippen molar-refractivity contribution in [2.75, 3.05) is 6.61 Å². The third kappa shape index (κ3) is 1.43. The van der Waals surface area contributed by atoms with Crippen LogP contribution in [0.25, 0.3) is 0 Å². The van der Waals surface area contributed by atoms with Gasteiger partial charge in [-0.3, -0.25) is 0 Å². The molecule has 0 saturated carbocycles. The van der Waals surface area contributed by atoms with Crippen LogP contribution in [0.4, 0.5) is 0 Å². The molecule has 0 radical (unpaired) electrons. The molecule has 1 fully saturated rings. The SMILES string of the molecule is CC(C)C(O)C1CCO1. The van der Waals surface area contributed by atoms with E-state index in [1.54, 1.807) is 0 Å². The van der Waals surface area contributed by atoms with Crippen molar-refractivity contribution in [3.63, 3.8) is 0 Å². The molecule has 2 atom stereocenters. The first-order chi connectivity index (χ1) is 4.22. The van der Waals surface area contributed by atoms with E-state index in [0.29, 0.717) is 5.92 Å². The highest BCUT2D eigenvalue weighted by Crippen LogP contribution is 2.19. The van der Waals surface area contributed by atoms with Crippen LogP contribution in [0.15, 0.2) is 0 Å². The molecule has 1 aliphatic rings. The molecule has 0 aliphatic carbocycles. The van der Waals surface area contributed by atoms with Crippen LogP contribution in [0.5, 0.6) is 0 Å². The van der Waals surface area contributed by atoms with E-state index in [-0.39, 0.29) is 12.2 Å². The summed E-state index contributed by atoms with van der Waals surface area (Å²) in [5, 5.41) is 9.32. The summed E-state index contributed by atoms with van der Waals surface area (Å²) in [5.41, 5.74) is 0. The lowest BCUT2D eigenvalue weighted by atomic mass is 9.97. The molecule has 2 nitrogen and oxygen atoms in total. The molecule has 0 aromatic heterocycles. The Morgan fingerprint density at radius 1 is 1.56 bits per heavy atom. The third-order valence-corrected chi connectivity index (χ3v) is 1.80. The molecule has 0 bridgehead atoms. The van der Waals surface area contributed by atoms with Crippen molar-refractivity contribution < 1.29 is 9.84 Å². The molecule has 9 heavy (non-hydrogen) atoms. The Morgan fingerprint density at radius 3 is 2.22 bits per heavy atom. The normalized spacial score (nSPS) is 30.0. The molecule has 1 aliphatic heterocycles. The number of hydrogen-bond donors (Lipinski definition) is 1. The van der Waals surface area contributed by atoms with E-state index in [0.717, 1.165) is 13.0 Å². The minimum Gasteiger partial charge on any atom is -0.390 e. The van der Waals surface area contributed by atoms with Gasteiger partial charge in [0.15, 0.2) is 0 Å². The van der Waals surface area contributed by atoms with Gasteiger partial charge in [-0.15, -0.1) is 0 Å². The highest BCUT2D eigenvalue weighted by atomic mass is 16.5. The van der Waals surface area contributed by atoms with Crippen molar-refractivity contribution >= 4 is 0 Å². The topological polar surface area (TPSA) is 29.5 Å². The van der Waals surface area contributed by atoms with Crippen LogP contribution in [-0.2, 0) is 4.74 Å². The van der Waals surface area contributed by atoms with Crippen LogP contribution < -0.4 is 0 Å². The van der Waals surface area contributed by atoms with E-state index < -0.39 is 0 Å². The van der Waals surface area contributed by atoms with Gasteiger partial charge in [-0.25, -0.2) is 0 Å². The predicted octanol–water partition coefficient (Wildman–Crippen LogP) is 0.792. The number of hydrogen-bond acceptors (Lipinski definition) is 2. The maximum absolute atomic E-state index is 9.32. The fourth-order valence-corrected chi connectivity index (χ4v) is 0.953. The zero-order valence-electron chi connectivity index (χ0n) is 6.00. The number of rotatable bonds is 2. The summed E-state index contributed by atoms with van der Waals surface area (Å²) < 4.78 is 5.10. The Balaban J connectivity index is 2.23. The molecule has 0 amide bonds. The minimum atomic E-state index is -0.251. The van der Waals surface area contributed by atoms with Crippen molar-refractivity contribution in [1.29, 1.82) is 0 Å². The van der Waals surface area contributed by atoms with E-state index in [4.69, 9.17) is 4.74 Å². The first-order valence-electron chi connectivity index (χ1n) is 3.51. The summed E-state index contributed by atoms with van der Waals surface area (Å²) in [7, 11) is 0. The van der Waals surface area contributed by atoms with Gasteiger partial charge in [-0.2, -0.15) is 0 Å². The number of aliphatic hydroxyl groups excluding tert-OH is 1. The van der Waals surface area contributed by atoms with Gasteiger partial charge in [0.25, 0.3) is 0 Å². The minimum absolute atomic E-state index is 0.130. The summed E-state index contributed by atoms with van der Waals surface area (Å²) in [5.74, 6) is 0.329. The zero-order chi connectivity index (χ0) is 6.85. The van der Waals surface area contributed by atoms with Gasteiger partial charge in [0.05, 0.1) is 12.2 Å². The van der Waals surface area contributed by atoms with Gasteiger partial charge in [-0.05, 0) is 12.3 Å². The predicted molar refractivity (Wildman–Crippen MR) is 35.2 cm³/mol.